The number of carbonyl (C=O) groups is 2. The van der Waals surface area contributed by atoms with Crippen molar-refractivity contribution in [1.82, 2.24) is 14.9 Å². The first-order valence-electron chi connectivity index (χ1n) is 9.66. The van der Waals surface area contributed by atoms with E-state index < -0.39 is 35.0 Å². The quantitative estimate of drug-likeness (QED) is 0.582. The largest absolute Gasteiger partial charge is 0.349 e. The molecule has 0 aliphatic rings. The van der Waals surface area contributed by atoms with Crippen molar-refractivity contribution >= 4 is 29.0 Å². The van der Waals surface area contributed by atoms with Gasteiger partial charge >= 0.3 is 0 Å². The molecule has 9 heteroatoms. The summed E-state index contributed by atoms with van der Waals surface area (Å²) in [6.45, 7) is 5.50. The molecule has 1 heterocycles. The summed E-state index contributed by atoms with van der Waals surface area (Å²) in [4.78, 5) is 27.8. The molecule has 0 fully saturated rings. The molecule has 1 unspecified atom stereocenters. The normalized spacial score (nSPS) is 12.3. The van der Waals surface area contributed by atoms with Crippen LogP contribution in [0, 0.1) is 11.6 Å². The van der Waals surface area contributed by atoms with Gasteiger partial charge in [0.25, 0.3) is 5.91 Å². The number of para-hydroxylation sites is 1. The highest BCUT2D eigenvalue weighted by molar-refractivity contribution is 7.03. The number of amides is 2. The summed E-state index contributed by atoms with van der Waals surface area (Å²) in [6, 6.07) is 9.67. The number of hydrogen-bond donors (Lipinski definition) is 1. The Hall–Kier alpha value is -3.20. The second kappa shape index (κ2) is 9.30. The topological polar surface area (TPSA) is 75.2 Å². The van der Waals surface area contributed by atoms with E-state index in [1.54, 1.807) is 6.07 Å². The fraction of sp³-hybridized carbons (Fsp3) is 0.273. The summed E-state index contributed by atoms with van der Waals surface area (Å²) >= 11 is 0.940. The minimum absolute atomic E-state index is 0.0632. The first-order chi connectivity index (χ1) is 14.7. The maximum absolute atomic E-state index is 14.9. The lowest BCUT2D eigenvalue weighted by Gasteiger charge is -2.34. The van der Waals surface area contributed by atoms with Crippen molar-refractivity contribution in [3.8, 4) is 0 Å². The van der Waals surface area contributed by atoms with E-state index >= 15 is 0 Å². The summed E-state index contributed by atoms with van der Waals surface area (Å²) < 4.78 is 33.4. The first-order valence-corrected chi connectivity index (χ1v) is 10.5. The Morgan fingerprint density at radius 2 is 1.74 bits per heavy atom. The molecular formula is C22H22F2N4O2S. The molecule has 0 saturated heterocycles. The van der Waals surface area contributed by atoms with E-state index in [9.17, 15) is 18.4 Å². The van der Waals surface area contributed by atoms with Crippen LogP contribution in [0.2, 0.25) is 0 Å². The van der Waals surface area contributed by atoms with Gasteiger partial charge < -0.3 is 5.32 Å². The molecule has 1 N–H and O–H groups in total. The van der Waals surface area contributed by atoms with Gasteiger partial charge in [0.2, 0.25) is 5.91 Å². The van der Waals surface area contributed by atoms with Crippen LogP contribution >= 0.6 is 11.5 Å². The zero-order valence-electron chi connectivity index (χ0n) is 17.3. The monoisotopic (exact) mass is 444 g/mol. The standard InChI is InChI=1S/C22H22F2N4O2S/c1-4-22(2,3)25-20(29)19(14-9-5-6-10-15(14)23)28(18-12-8-7-11-16(18)24)21(30)17-13-31-27-26-17/h5-13,19H,4H2,1-3H3,(H,25,29). The van der Waals surface area contributed by atoms with Crippen molar-refractivity contribution in [2.24, 2.45) is 0 Å². The summed E-state index contributed by atoms with van der Waals surface area (Å²) in [5.41, 5.74) is -0.936. The van der Waals surface area contributed by atoms with E-state index in [0.29, 0.717) is 6.42 Å². The molecule has 3 rings (SSSR count). The highest BCUT2D eigenvalue weighted by Gasteiger charge is 2.38. The van der Waals surface area contributed by atoms with Gasteiger partial charge in [0, 0.05) is 16.5 Å². The molecule has 2 aromatic carbocycles. The lowest BCUT2D eigenvalue weighted by atomic mass is 9.97. The van der Waals surface area contributed by atoms with E-state index in [-0.39, 0.29) is 16.9 Å². The zero-order valence-corrected chi connectivity index (χ0v) is 18.1. The van der Waals surface area contributed by atoms with Crippen molar-refractivity contribution in [3.05, 3.63) is 76.8 Å². The fourth-order valence-corrected chi connectivity index (χ4v) is 3.41. The number of rotatable bonds is 7. The second-order valence-corrected chi connectivity index (χ2v) is 8.18. The zero-order chi connectivity index (χ0) is 22.6. The number of aromatic nitrogens is 2. The average Bonchev–Trinajstić information content (AvgIpc) is 3.28. The number of carbonyl (C=O) groups excluding carboxylic acids is 2. The Morgan fingerprint density at radius 1 is 1.10 bits per heavy atom. The third kappa shape index (κ3) is 4.93. The van der Waals surface area contributed by atoms with E-state index in [0.717, 1.165) is 16.4 Å². The molecule has 0 aliphatic heterocycles. The number of nitrogens with one attached hydrogen (secondary N) is 1. The molecule has 0 bridgehead atoms. The summed E-state index contributed by atoms with van der Waals surface area (Å²) in [5.74, 6) is -2.83. The van der Waals surface area contributed by atoms with Gasteiger partial charge in [-0.15, -0.1) is 5.10 Å². The van der Waals surface area contributed by atoms with E-state index in [2.05, 4.69) is 14.9 Å². The van der Waals surface area contributed by atoms with Gasteiger partial charge in [0.15, 0.2) is 5.69 Å². The van der Waals surface area contributed by atoms with Gasteiger partial charge in [-0.25, -0.2) is 8.78 Å². The Balaban J connectivity index is 2.22. The summed E-state index contributed by atoms with van der Waals surface area (Å²) in [6.07, 6.45) is 0.590. The molecule has 0 spiro atoms. The van der Waals surface area contributed by atoms with Crippen LogP contribution in [0.5, 0.6) is 0 Å². The Kier molecular flexibility index (Phi) is 6.74. The first kappa shape index (κ1) is 22.5. The number of benzene rings is 2. The van der Waals surface area contributed by atoms with Gasteiger partial charge in [-0.1, -0.05) is 41.7 Å². The van der Waals surface area contributed by atoms with E-state index in [4.69, 9.17) is 0 Å². The molecule has 6 nitrogen and oxygen atoms in total. The van der Waals surface area contributed by atoms with Crippen LogP contribution in [0.3, 0.4) is 0 Å². The van der Waals surface area contributed by atoms with Crippen molar-refractivity contribution in [1.29, 1.82) is 0 Å². The van der Waals surface area contributed by atoms with Gasteiger partial charge in [0.05, 0.1) is 5.69 Å². The molecule has 0 saturated carbocycles. The van der Waals surface area contributed by atoms with Crippen LogP contribution in [0.1, 0.15) is 49.3 Å². The maximum atomic E-state index is 14.9. The van der Waals surface area contributed by atoms with Crippen LogP contribution < -0.4 is 10.2 Å². The Morgan fingerprint density at radius 3 is 2.32 bits per heavy atom. The van der Waals surface area contributed by atoms with Gasteiger partial charge in [0.1, 0.15) is 17.7 Å². The highest BCUT2D eigenvalue weighted by Crippen LogP contribution is 2.33. The third-order valence-electron chi connectivity index (χ3n) is 4.96. The fourth-order valence-electron chi connectivity index (χ4n) is 2.98. The van der Waals surface area contributed by atoms with Crippen molar-refractivity contribution < 1.29 is 18.4 Å². The molecule has 0 aliphatic carbocycles. The molecule has 31 heavy (non-hydrogen) atoms. The van der Waals surface area contributed by atoms with Gasteiger partial charge in [-0.3, -0.25) is 14.5 Å². The van der Waals surface area contributed by atoms with E-state index in [1.165, 1.54) is 47.8 Å². The van der Waals surface area contributed by atoms with Crippen molar-refractivity contribution in [2.75, 3.05) is 4.90 Å². The van der Waals surface area contributed by atoms with Crippen molar-refractivity contribution in [2.45, 2.75) is 38.8 Å². The summed E-state index contributed by atoms with van der Waals surface area (Å²) in [5, 5.41) is 8.01. The smallest absolute Gasteiger partial charge is 0.280 e. The Bertz CT molecular complexity index is 1070. The SMILES string of the molecule is CCC(C)(C)NC(=O)C(c1ccccc1F)N(C(=O)c1csnn1)c1ccccc1F. The third-order valence-corrected chi connectivity index (χ3v) is 5.47. The predicted octanol–water partition coefficient (Wildman–Crippen LogP) is 4.51. The lowest BCUT2D eigenvalue weighted by molar-refractivity contribution is -0.124. The molecule has 1 atom stereocenters. The van der Waals surface area contributed by atoms with Crippen LogP contribution in [0.15, 0.2) is 53.9 Å². The molecule has 0 radical (unpaired) electrons. The Labute approximate surface area is 183 Å². The molecule has 1 aromatic heterocycles. The predicted molar refractivity (Wildman–Crippen MR) is 115 cm³/mol. The summed E-state index contributed by atoms with van der Waals surface area (Å²) in [7, 11) is 0. The second-order valence-electron chi connectivity index (χ2n) is 7.57. The lowest BCUT2D eigenvalue weighted by Crippen LogP contribution is -2.51. The van der Waals surface area contributed by atoms with Crippen LogP contribution in [-0.4, -0.2) is 26.9 Å². The molecule has 162 valence electrons. The molecular weight excluding hydrogens is 422 g/mol. The average molecular weight is 445 g/mol. The maximum Gasteiger partial charge on any atom is 0.280 e. The molecule has 3 aromatic rings. The highest BCUT2D eigenvalue weighted by atomic mass is 32.1. The van der Waals surface area contributed by atoms with Crippen molar-refractivity contribution in [3.63, 3.8) is 0 Å². The minimum Gasteiger partial charge on any atom is -0.349 e. The number of hydrogen-bond acceptors (Lipinski definition) is 5. The number of anilines is 1. The van der Waals surface area contributed by atoms with Gasteiger partial charge in [-0.05, 0) is 50.0 Å². The van der Waals surface area contributed by atoms with Crippen LogP contribution in [-0.2, 0) is 4.79 Å². The number of halogens is 2. The van der Waals surface area contributed by atoms with Crippen LogP contribution in [0.4, 0.5) is 14.5 Å². The van der Waals surface area contributed by atoms with Gasteiger partial charge in [-0.2, -0.15) is 0 Å². The number of nitrogens with zero attached hydrogens (tertiary/aromatic N) is 3. The van der Waals surface area contributed by atoms with Crippen LogP contribution in [0.25, 0.3) is 0 Å². The minimum atomic E-state index is -1.47. The molecule has 2 amide bonds. The van der Waals surface area contributed by atoms with E-state index in [1.807, 2.05) is 20.8 Å².